The molecule has 2 fully saturated rings. The molecule has 3 N–H and O–H groups in total. The summed E-state index contributed by atoms with van der Waals surface area (Å²) in [4.78, 5) is 28.8. The van der Waals surface area contributed by atoms with Gasteiger partial charge in [-0.1, -0.05) is 0 Å². The Kier molecular flexibility index (Phi) is 6.71. The molecule has 0 bridgehead atoms. The van der Waals surface area contributed by atoms with Gasteiger partial charge in [0.05, 0.1) is 18.1 Å². The molecule has 0 radical (unpaired) electrons. The molecule has 1 aromatic rings. The molecule has 4 atom stereocenters. The number of nitrogens with zero attached hydrogens (tertiary/aromatic N) is 3. The highest BCUT2D eigenvalue weighted by molar-refractivity contribution is 7.91. The summed E-state index contributed by atoms with van der Waals surface area (Å²) in [6.45, 7) is 1.03. The van der Waals surface area contributed by atoms with Gasteiger partial charge in [0.15, 0.2) is 22.2 Å². The SMILES string of the molecule is CC(=O)Nc1ccn([C@@H]2O[C@H](CO)[C@H](O)C2OC(=S)N2CCS(=O)(=O)CC2)c(=O)n1. The predicted molar refractivity (Wildman–Crippen MR) is 108 cm³/mol. The van der Waals surface area contributed by atoms with Crippen LogP contribution < -0.4 is 11.0 Å². The van der Waals surface area contributed by atoms with Gasteiger partial charge in [-0.2, -0.15) is 4.98 Å². The third-order valence-corrected chi connectivity index (χ3v) is 6.70. The van der Waals surface area contributed by atoms with Gasteiger partial charge in [0.25, 0.3) is 5.17 Å². The molecule has 30 heavy (non-hydrogen) atoms. The first-order valence-electron chi connectivity index (χ1n) is 9.08. The quantitative estimate of drug-likeness (QED) is 0.419. The van der Waals surface area contributed by atoms with E-state index in [2.05, 4.69) is 10.3 Å². The molecule has 0 aliphatic carbocycles. The van der Waals surface area contributed by atoms with Crippen molar-refractivity contribution in [1.29, 1.82) is 0 Å². The zero-order valence-electron chi connectivity index (χ0n) is 16.0. The number of ether oxygens (including phenoxy) is 2. The van der Waals surface area contributed by atoms with Crippen LogP contribution in [0.2, 0.25) is 0 Å². The molecular formula is C16H22N4O8S2. The topological polar surface area (TPSA) is 160 Å². The van der Waals surface area contributed by atoms with Crippen molar-refractivity contribution in [3.05, 3.63) is 22.7 Å². The van der Waals surface area contributed by atoms with E-state index in [1.54, 1.807) is 4.90 Å². The summed E-state index contributed by atoms with van der Waals surface area (Å²) in [5.41, 5.74) is -0.777. The minimum absolute atomic E-state index is 0.0444. The fourth-order valence-electron chi connectivity index (χ4n) is 3.16. The Morgan fingerprint density at radius 1 is 1.43 bits per heavy atom. The smallest absolute Gasteiger partial charge is 0.351 e. The Labute approximate surface area is 177 Å². The van der Waals surface area contributed by atoms with Gasteiger partial charge in [-0.15, -0.1) is 0 Å². The van der Waals surface area contributed by atoms with Gasteiger partial charge >= 0.3 is 5.69 Å². The fraction of sp³-hybridized carbons (Fsp3) is 0.625. The van der Waals surface area contributed by atoms with E-state index in [0.717, 1.165) is 4.57 Å². The van der Waals surface area contributed by atoms with Crippen molar-refractivity contribution >= 4 is 39.0 Å². The molecule has 0 saturated carbocycles. The summed E-state index contributed by atoms with van der Waals surface area (Å²) in [7, 11) is -3.12. The van der Waals surface area contributed by atoms with Crippen molar-refractivity contribution in [2.75, 3.05) is 36.5 Å². The number of aliphatic hydroxyl groups excluding tert-OH is 2. The average molecular weight is 463 g/mol. The van der Waals surface area contributed by atoms with Crippen molar-refractivity contribution in [1.82, 2.24) is 14.5 Å². The zero-order valence-corrected chi connectivity index (χ0v) is 17.6. The van der Waals surface area contributed by atoms with Gasteiger partial charge in [-0.05, 0) is 18.3 Å². The molecule has 166 valence electrons. The first-order valence-corrected chi connectivity index (χ1v) is 11.3. The van der Waals surface area contributed by atoms with E-state index >= 15 is 0 Å². The Morgan fingerprint density at radius 2 is 2.10 bits per heavy atom. The van der Waals surface area contributed by atoms with Crippen LogP contribution in [-0.4, -0.2) is 93.7 Å². The second-order valence-corrected chi connectivity index (χ2v) is 9.56. The van der Waals surface area contributed by atoms with Crippen molar-refractivity contribution in [3.8, 4) is 0 Å². The Hall–Kier alpha value is -2.13. The molecule has 1 amide bonds. The number of carbonyl (C=O) groups is 1. The van der Waals surface area contributed by atoms with Crippen molar-refractivity contribution in [2.24, 2.45) is 0 Å². The molecule has 2 aliphatic heterocycles. The summed E-state index contributed by atoms with van der Waals surface area (Å²) in [6, 6.07) is 1.37. The number of hydrogen-bond donors (Lipinski definition) is 3. The number of hydrogen-bond acceptors (Lipinski definition) is 10. The maximum atomic E-state index is 12.4. The zero-order chi connectivity index (χ0) is 22.1. The lowest BCUT2D eigenvalue weighted by molar-refractivity contribution is -0.114. The maximum Gasteiger partial charge on any atom is 0.351 e. The lowest BCUT2D eigenvalue weighted by atomic mass is 10.1. The van der Waals surface area contributed by atoms with Gasteiger partial charge in [0.2, 0.25) is 5.91 Å². The summed E-state index contributed by atoms with van der Waals surface area (Å²) in [5.74, 6) is -0.500. The lowest BCUT2D eigenvalue weighted by Crippen LogP contribution is -2.47. The minimum Gasteiger partial charge on any atom is -0.460 e. The first-order chi connectivity index (χ1) is 14.1. The molecule has 1 unspecified atom stereocenters. The maximum absolute atomic E-state index is 12.4. The number of nitrogens with one attached hydrogen (secondary N) is 1. The summed E-state index contributed by atoms with van der Waals surface area (Å²) < 4.78 is 35.5. The van der Waals surface area contributed by atoms with Gasteiger partial charge in [-0.25, -0.2) is 13.2 Å². The average Bonchev–Trinajstić information content (AvgIpc) is 2.97. The summed E-state index contributed by atoms with van der Waals surface area (Å²) in [6.07, 6.45) is -3.35. The second-order valence-electron chi connectivity index (χ2n) is 6.91. The Morgan fingerprint density at radius 3 is 2.67 bits per heavy atom. The summed E-state index contributed by atoms with van der Waals surface area (Å²) in [5, 5.41) is 22.3. The van der Waals surface area contributed by atoms with E-state index < -0.39 is 52.6 Å². The van der Waals surface area contributed by atoms with Crippen molar-refractivity contribution in [3.63, 3.8) is 0 Å². The molecule has 2 saturated heterocycles. The molecule has 3 rings (SSSR count). The van der Waals surface area contributed by atoms with E-state index in [-0.39, 0.29) is 35.6 Å². The number of aliphatic hydroxyl groups is 2. The molecule has 0 spiro atoms. The molecule has 2 aliphatic rings. The first kappa shape index (κ1) is 22.6. The molecule has 1 aromatic heterocycles. The molecule has 0 aromatic carbocycles. The van der Waals surface area contributed by atoms with Gasteiger partial charge < -0.3 is 29.9 Å². The number of thiocarbonyl (C=S) groups is 1. The van der Waals surface area contributed by atoms with E-state index in [0.29, 0.717) is 0 Å². The summed E-state index contributed by atoms with van der Waals surface area (Å²) >= 11 is 5.25. The van der Waals surface area contributed by atoms with Crippen LogP contribution in [0.4, 0.5) is 5.82 Å². The van der Waals surface area contributed by atoms with Crippen molar-refractivity contribution < 1.29 is 32.9 Å². The Balaban J connectivity index is 1.80. The fourth-order valence-corrected chi connectivity index (χ4v) is 4.66. The highest BCUT2D eigenvalue weighted by atomic mass is 32.2. The number of amides is 1. The number of rotatable bonds is 4. The van der Waals surface area contributed by atoms with E-state index in [4.69, 9.17) is 21.7 Å². The third-order valence-electron chi connectivity index (χ3n) is 4.74. The molecular weight excluding hydrogens is 440 g/mol. The molecule has 14 heteroatoms. The van der Waals surface area contributed by atoms with Gasteiger partial charge in [0.1, 0.15) is 18.0 Å². The number of carbonyl (C=O) groups excluding carboxylic acids is 1. The number of aromatic nitrogens is 2. The van der Waals surface area contributed by atoms with Gasteiger partial charge in [0, 0.05) is 26.2 Å². The Bertz CT molecular complexity index is 968. The van der Waals surface area contributed by atoms with Crippen LogP contribution in [0.15, 0.2) is 17.1 Å². The number of sulfone groups is 1. The van der Waals surface area contributed by atoms with E-state index in [1.807, 2.05) is 0 Å². The van der Waals surface area contributed by atoms with Crippen molar-refractivity contribution in [2.45, 2.75) is 31.5 Å². The normalized spacial score (nSPS) is 28.2. The lowest BCUT2D eigenvalue weighted by Gasteiger charge is -2.31. The molecule has 3 heterocycles. The van der Waals surface area contributed by atoms with Crippen LogP contribution in [0.1, 0.15) is 13.2 Å². The monoisotopic (exact) mass is 462 g/mol. The predicted octanol–water partition coefficient (Wildman–Crippen LogP) is -2.15. The highest BCUT2D eigenvalue weighted by Crippen LogP contribution is 2.31. The van der Waals surface area contributed by atoms with Crippen LogP contribution in [-0.2, 0) is 24.1 Å². The largest absolute Gasteiger partial charge is 0.460 e. The van der Waals surface area contributed by atoms with Crippen LogP contribution >= 0.6 is 12.2 Å². The second kappa shape index (κ2) is 8.93. The minimum atomic E-state index is -3.12. The van der Waals surface area contributed by atoms with Crippen LogP contribution in [0.25, 0.3) is 0 Å². The standard InChI is InChI=1S/C16H22N4O8S2/c1-9(22)17-11-2-3-20(15(24)18-11)14-13(12(23)10(8-21)27-14)28-16(29)19-4-6-30(25,26)7-5-19/h2-3,10,12-14,21,23H,4-8H2,1H3,(H,17,18,22,24)/t10-,12+,13?,14-/m1/s1. The molecule has 12 nitrogen and oxygen atoms in total. The van der Waals surface area contributed by atoms with Gasteiger partial charge in [-0.3, -0.25) is 9.36 Å². The van der Waals surface area contributed by atoms with E-state index in [1.165, 1.54) is 19.2 Å². The highest BCUT2D eigenvalue weighted by Gasteiger charge is 2.47. The van der Waals surface area contributed by atoms with E-state index in [9.17, 15) is 28.2 Å². The number of anilines is 1. The van der Waals surface area contributed by atoms with Crippen LogP contribution in [0, 0.1) is 0 Å². The third kappa shape index (κ3) is 4.95. The van der Waals surface area contributed by atoms with Crippen LogP contribution in [0.5, 0.6) is 0 Å². The van der Waals surface area contributed by atoms with Crippen LogP contribution in [0.3, 0.4) is 0 Å².